The largest absolute Gasteiger partial charge is 0.497 e. The van der Waals surface area contributed by atoms with Crippen molar-refractivity contribution in [3.63, 3.8) is 0 Å². The van der Waals surface area contributed by atoms with Gasteiger partial charge in [-0.1, -0.05) is 0 Å². The minimum absolute atomic E-state index is 0.0897. The number of hydrogen-bond donors (Lipinski definition) is 1. The van der Waals surface area contributed by atoms with Gasteiger partial charge in [0.05, 0.1) is 12.7 Å². The second-order valence-electron chi connectivity index (χ2n) is 4.30. The lowest BCUT2D eigenvalue weighted by molar-refractivity contribution is 0.0697. The van der Waals surface area contributed by atoms with E-state index in [1.165, 1.54) is 32.2 Å². The van der Waals surface area contributed by atoms with Crippen LogP contribution >= 0.6 is 0 Å². The molecular formula is C15H12F2O3. The molecule has 0 aliphatic carbocycles. The Morgan fingerprint density at radius 3 is 2.40 bits per heavy atom. The normalized spacial score (nSPS) is 10.4. The van der Waals surface area contributed by atoms with Gasteiger partial charge in [0.15, 0.2) is 0 Å². The average Bonchev–Trinajstić information content (AvgIpc) is 2.42. The molecule has 2 rings (SSSR count). The molecule has 0 aromatic heterocycles. The molecule has 0 aliphatic heterocycles. The number of ether oxygens (including phenoxy) is 1. The van der Waals surface area contributed by atoms with Crippen molar-refractivity contribution in [3.8, 4) is 16.9 Å². The molecule has 20 heavy (non-hydrogen) atoms. The highest BCUT2D eigenvalue weighted by atomic mass is 19.1. The van der Waals surface area contributed by atoms with E-state index in [1.807, 2.05) is 0 Å². The summed E-state index contributed by atoms with van der Waals surface area (Å²) in [5.74, 6) is -2.16. The lowest BCUT2D eigenvalue weighted by Crippen LogP contribution is -2.02. The van der Waals surface area contributed by atoms with Crippen molar-refractivity contribution >= 4 is 5.97 Å². The first kappa shape index (κ1) is 14.0. The summed E-state index contributed by atoms with van der Waals surface area (Å²) < 4.78 is 32.5. The molecule has 3 nitrogen and oxygen atoms in total. The third-order valence-corrected chi connectivity index (χ3v) is 3.00. The summed E-state index contributed by atoms with van der Waals surface area (Å²) in [6, 6.07) is 6.21. The quantitative estimate of drug-likeness (QED) is 0.932. The van der Waals surface area contributed by atoms with Gasteiger partial charge < -0.3 is 9.84 Å². The second-order valence-corrected chi connectivity index (χ2v) is 4.30. The van der Waals surface area contributed by atoms with E-state index in [0.717, 1.165) is 12.1 Å². The number of benzene rings is 2. The summed E-state index contributed by atoms with van der Waals surface area (Å²) in [6.45, 7) is 1.44. The van der Waals surface area contributed by atoms with Crippen molar-refractivity contribution in [2.24, 2.45) is 0 Å². The van der Waals surface area contributed by atoms with Crippen LogP contribution in [0.3, 0.4) is 0 Å². The van der Waals surface area contributed by atoms with Gasteiger partial charge in [0.2, 0.25) is 0 Å². The Kier molecular flexibility index (Phi) is 3.70. The Bertz CT molecular complexity index is 681. The van der Waals surface area contributed by atoms with Crippen molar-refractivity contribution in [1.82, 2.24) is 0 Å². The molecule has 0 saturated heterocycles. The highest BCUT2D eigenvalue weighted by molar-refractivity contribution is 5.96. The zero-order valence-corrected chi connectivity index (χ0v) is 10.9. The third kappa shape index (κ3) is 2.47. The molecule has 1 N–H and O–H groups in total. The monoisotopic (exact) mass is 278 g/mol. The molecule has 0 unspecified atom stereocenters. The molecule has 0 spiro atoms. The fraction of sp³-hybridized carbons (Fsp3) is 0.133. The number of carboxylic acid groups (broad SMARTS) is 1. The molecule has 2 aromatic carbocycles. The topological polar surface area (TPSA) is 46.5 Å². The van der Waals surface area contributed by atoms with Gasteiger partial charge in [0.25, 0.3) is 0 Å². The van der Waals surface area contributed by atoms with Crippen molar-refractivity contribution in [2.45, 2.75) is 6.92 Å². The van der Waals surface area contributed by atoms with Crippen LogP contribution in [0.15, 0.2) is 30.3 Å². The van der Waals surface area contributed by atoms with Crippen LogP contribution in [0.1, 0.15) is 15.9 Å². The van der Waals surface area contributed by atoms with E-state index in [-0.39, 0.29) is 22.3 Å². The number of aromatic carboxylic acids is 1. The summed E-state index contributed by atoms with van der Waals surface area (Å²) in [4.78, 5) is 11.3. The molecule has 0 bridgehead atoms. The van der Waals surface area contributed by atoms with E-state index in [9.17, 15) is 18.7 Å². The van der Waals surface area contributed by atoms with E-state index >= 15 is 0 Å². The van der Waals surface area contributed by atoms with Gasteiger partial charge in [-0.05, 0) is 48.4 Å². The Morgan fingerprint density at radius 1 is 1.10 bits per heavy atom. The number of methoxy groups -OCH3 is 1. The Labute approximate surface area is 114 Å². The van der Waals surface area contributed by atoms with Crippen LogP contribution in [-0.4, -0.2) is 18.2 Å². The summed E-state index contributed by atoms with van der Waals surface area (Å²) in [5.41, 5.74) is 0.0333. The maximum Gasteiger partial charge on any atom is 0.336 e. The Hall–Kier alpha value is -2.43. The molecule has 0 aliphatic rings. The first-order valence-electron chi connectivity index (χ1n) is 5.81. The predicted molar refractivity (Wildman–Crippen MR) is 70.0 cm³/mol. The smallest absolute Gasteiger partial charge is 0.336 e. The minimum Gasteiger partial charge on any atom is -0.497 e. The van der Waals surface area contributed by atoms with Crippen LogP contribution in [0.5, 0.6) is 5.75 Å². The number of carbonyl (C=O) groups is 1. The molecule has 0 amide bonds. The van der Waals surface area contributed by atoms with E-state index < -0.39 is 17.6 Å². The second kappa shape index (κ2) is 5.28. The number of hydrogen-bond acceptors (Lipinski definition) is 2. The fourth-order valence-electron chi connectivity index (χ4n) is 1.91. The van der Waals surface area contributed by atoms with Crippen LogP contribution in [-0.2, 0) is 0 Å². The molecule has 0 fully saturated rings. The van der Waals surface area contributed by atoms with Crippen LogP contribution < -0.4 is 4.74 Å². The molecular weight excluding hydrogens is 266 g/mol. The van der Waals surface area contributed by atoms with Gasteiger partial charge in [-0.15, -0.1) is 0 Å². The third-order valence-electron chi connectivity index (χ3n) is 3.00. The lowest BCUT2D eigenvalue weighted by Gasteiger charge is -2.10. The standard InChI is InChI=1S/C15H12F2O3/c1-8-5-14(17)11(7-13(8)16)10-4-3-9(20-2)6-12(10)15(18)19/h3-7H,1-2H3,(H,18,19). The molecule has 2 aromatic rings. The van der Waals surface area contributed by atoms with Gasteiger partial charge in [0, 0.05) is 5.56 Å². The van der Waals surface area contributed by atoms with Crippen molar-refractivity contribution in [1.29, 1.82) is 0 Å². The first-order chi connectivity index (χ1) is 9.43. The Morgan fingerprint density at radius 2 is 1.80 bits per heavy atom. The summed E-state index contributed by atoms with van der Waals surface area (Å²) in [6.07, 6.45) is 0. The van der Waals surface area contributed by atoms with E-state index in [2.05, 4.69) is 0 Å². The zero-order chi connectivity index (χ0) is 14.9. The molecule has 5 heteroatoms. The lowest BCUT2D eigenvalue weighted by atomic mass is 9.97. The summed E-state index contributed by atoms with van der Waals surface area (Å²) in [7, 11) is 1.40. The highest BCUT2D eigenvalue weighted by Crippen LogP contribution is 2.31. The van der Waals surface area contributed by atoms with Crippen molar-refractivity contribution in [3.05, 3.63) is 53.1 Å². The maximum absolute atomic E-state index is 14.0. The molecule has 0 atom stereocenters. The van der Waals surface area contributed by atoms with Gasteiger partial charge >= 0.3 is 5.97 Å². The molecule has 0 heterocycles. The van der Waals surface area contributed by atoms with Crippen molar-refractivity contribution in [2.75, 3.05) is 7.11 Å². The first-order valence-corrected chi connectivity index (χ1v) is 5.81. The van der Waals surface area contributed by atoms with Crippen molar-refractivity contribution < 1.29 is 23.4 Å². The van der Waals surface area contributed by atoms with Gasteiger partial charge in [-0.3, -0.25) is 0 Å². The number of halogens is 2. The SMILES string of the molecule is COc1ccc(-c2cc(F)c(C)cc2F)c(C(=O)O)c1. The van der Waals surface area contributed by atoms with Crippen LogP contribution in [0.25, 0.3) is 11.1 Å². The van der Waals surface area contributed by atoms with Gasteiger partial charge in [-0.2, -0.15) is 0 Å². The van der Waals surface area contributed by atoms with E-state index in [0.29, 0.717) is 5.75 Å². The molecule has 0 radical (unpaired) electrons. The Balaban J connectivity index is 2.69. The fourth-order valence-corrected chi connectivity index (χ4v) is 1.91. The number of carboxylic acids is 1. The predicted octanol–water partition coefficient (Wildman–Crippen LogP) is 3.65. The van der Waals surface area contributed by atoms with E-state index in [4.69, 9.17) is 4.74 Å². The summed E-state index contributed by atoms with van der Waals surface area (Å²) >= 11 is 0. The van der Waals surface area contributed by atoms with Crippen LogP contribution in [0.4, 0.5) is 8.78 Å². The van der Waals surface area contributed by atoms with Crippen LogP contribution in [0.2, 0.25) is 0 Å². The zero-order valence-electron chi connectivity index (χ0n) is 10.9. The van der Waals surface area contributed by atoms with Gasteiger partial charge in [0.1, 0.15) is 17.4 Å². The van der Waals surface area contributed by atoms with E-state index in [1.54, 1.807) is 0 Å². The molecule has 0 saturated carbocycles. The molecule has 104 valence electrons. The van der Waals surface area contributed by atoms with Gasteiger partial charge in [-0.25, -0.2) is 13.6 Å². The minimum atomic E-state index is -1.24. The highest BCUT2D eigenvalue weighted by Gasteiger charge is 2.17. The average molecular weight is 278 g/mol. The number of rotatable bonds is 3. The number of aryl methyl sites for hydroxylation is 1. The van der Waals surface area contributed by atoms with Crippen LogP contribution in [0, 0.1) is 18.6 Å². The maximum atomic E-state index is 14.0. The summed E-state index contributed by atoms with van der Waals surface area (Å²) in [5, 5.41) is 9.19.